The molecule has 112 valence electrons. The highest BCUT2D eigenvalue weighted by atomic mass is 16.5. The third kappa shape index (κ3) is 2.33. The third-order valence-corrected chi connectivity index (χ3v) is 4.26. The van der Waals surface area contributed by atoms with Crippen LogP contribution < -0.4 is 10.2 Å². The minimum absolute atomic E-state index is 0.354. The zero-order chi connectivity index (χ0) is 14.2. The van der Waals surface area contributed by atoms with Crippen molar-refractivity contribution in [3.8, 4) is 0 Å². The minimum atomic E-state index is 0.354. The van der Waals surface area contributed by atoms with Crippen LogP contribution in [0, 0.1) is 0 Å². The Kier molecular flexibility index (Phi) is 3.18. The fourth-order valence-electron chi connectivity index (χ4n) is 3.25. The number of nitrogens with one attached hydrogen (secondary N) is 1. The van der Waals surface area contributed by atoms with Gasteiger partial charge in [-0.05, 0) is 19.3 Å². The van der Waals surface area contributed by atoms with E-state index in [1.54, 1.807) is 0 Å². The van der Waals surface area contributed by atoms with Crippen LogP contribution in [-0.2, 0) is 4.74 Å². The topological polar surface area (TPSA) is 54.7 Å². The van der Waals surface area contributed by atoms with Gasteiger partial charge in [-0.2, -0.15) is 0 Å². The molecule has 0 aromatic carbocycles. The number of rotatable bonds is 4. The van der Waals surface area contributed by atoms with Crippen molar-refractivity contribution in [2.24, 2.45) is 0 Å². The van der Waals surface area contributed by atoms with Crippen molar-refractivity contribution in [1.29, 1.82) is 0 Å². The molecule has 2 aromatic heterocycles. The number of aromatic nitrogens is 3. The van der Waals surface area contributed by atoms with Gasteiger partial charge in [-0.1, -0.05) is 6.92 Å². The molecule has 0 radical (unpaired) electrons. The molecule has 0 saturated carbocycles. The summed E-state index contributed by atoms with van der Waals surface area (Å²) in [6, 6.07) is 0. The summed E-state index contributed by atoms with van der Waals surface area (Å²) in [7, 11) is 0. The highest BCUT2D eigenvalue weighted by molar-refractivity contribution is 5.67. The van der Waals surface area contributed by atoms with E-state index in [1.807, 2.05) is 18.6 Å². The van der Waals surface area contributed by atoms with E-state index < -0.39 is 0 Å². The SMILES string of the molecule is CCCNc1cn2ccnc2c(N2CC3CCC(C2)O3)n1. The first kappa shape index (κ1) is 12.9. The van der Waals surface area contributed by atoms with Crippen LogP contribution in [-0.4, -0.2) is 46.2 Å². The molecule has 21 heavy (non-hydrogen) atoms. The Balaban J connectivity index is 1.70. The second-order valence-electron chi connectivity index (χ2n) is 5.90. The van der Waals surface area contributed by atoms with Crippen LogP contribution >= 0.6 is 0 Å². The molecule has 2 bridgehead atoms. The Bertz CT molecular complexity index is 628. The van der Waals surface area contributed by atoms with Gasteiger partial charge in [-0.3, -0.25) is 0 Å². The molecular weight excluding hydrogens is 266 g/mol. The smallest absolute Gasteiger partial charge is 0.180 e. The van der Waals surface area contributed by atoms with Crippen LogP contribution in [0.15, 0.2) is 18.6 Å². The van der Waals surface area contributed by atoms with Crippen molar-refractivity contribution < 1.29 is 4.74 Å². The predicted molar refractivity (Wildman–Crippen MR) is 81.9 cm³/mol. The van der Waals surface area contributed by atoms with Crippen molar-refractivity contribution >= 4 is 17.3 Å². The van der Waals surface area contributed by atoms with E-state index in [4.69, 9.17) is 9.72 Å². The van der Waals surface area contributed by atoms with E-state index in [1.165, 1.54) is 12.8 Å². The molecular formula is C15H21N5O. The predicted octanol–water partition coefficient (Wildman–Crippen LogP) is 1.92. The summed E-state index contributed by atoms with van der Waals surface area (Å²) in [5, 5.41) is 3.38. The molecule has 2 unspecified atom stereocenters. The second-order valence-corrected chi connectivity index (χ2v) is 5.90. The Morgan fingerprint density at radius 1 is 1.33 bits per heavy atom. The van der Waals surface area contributed by atoms with Gasteiger partial charge in [0, 0.05) is 32.0 Å². The number of hydrogen-bond donors (Lipinski definition) is 1. The Hall–Kier alpha value is -1.82. The minimum Gasteiger partial charge on any atom is -0.371 e. The molecule has 2 aliphatic rings. The first-order valence-corrected chi connectivity index (χ1v) is 7.81. The van der Waals surface area contributed by atoms with Crippen molar-refractivity contribution in [2.75, 3.05) is 29.9 Å². The zero-order valence-corrected chi connectivity index (χ0v) is 12.3. The fraction of sp³-hybridized carbons (Fsp3) is 0.600. The van der Waals surface area contributed by atoms with Gasteiger partial charge < -0.3 is 19.4 Å². The highest BCUT2D eigenvalue weighted by Gasteiger charge is 2.35. The Morgan fingerprint density at radius 3 is 2.90 bits per heavy atom. The molecule has 2 fully saturated rings. The van der Waals surface area contributed by atoms with Gasteiger partial charge in [0.05, 0.1) is 18.4 Å². The van der Waals surface area contributed by atoms with E-state index in [9.17, 15) is 0 Å². The molecule has 2 aromatic rings. The van der Waals surface area contributed by atoms with Crippen molar-refractivity contribution in [2.45, 2.75) is 38.4 Å². The number of fused-ring (bicyclic) bond motifs is 3. The van der Waals surface area contributed by atoms with Crippen LogP contribution in [0.5, 0.6) is 0 Å². The zero-order valence-electron chi connectivity index (χ0n) is 12.3. The van der Waals surface area contributed by atoms with Crippen molar-refractivity contribution in [1.82, 2.24) is 14.4 Å². The molecule has 0 aliphatic carbocycles. The number of morpholine rings is 1. The van der Waals surface area contributed by atoms with Gasteiger partial charge in [0.1, 0.15) is 5.82 Å². The average Bonchev–Trinajstić information content (AvgIpc) is 3.10. The molecule has 6 nitrogen and oxygen atoms in total. The standard InChI is InChI=1S/C15H21N5O/c1-2-5-16-13-10-19-7-6-17-14(19)15(18-13)20-8-11-3-4-12(9-20)21-11/h6-7,10-12,16H,2-5,8-9H2,1H3. The maximum atomic E-state index is 5.93. The molecule has 1 N–H and O–H groups in total. The molecule has 4 heterocycles. The summed E-state index contributed by atoms with van der Waals surface area (Å²) in [6.45, 7) is 4.93. The number of ether oxygens (including phenoxy) is 1. The highest BCUT2D eigenvalue weighted by Crippen LogP contribution is 2.30. The van der Waals surface area contributed by atoms with Gasteiger partial charge >= 0.3 is 0 Å². The molecule has 0 spiro atoms. The van der Waals surface area contributed by atoms with Gasteiger partial charge in [-0.15, -0.1) is 0 Å². The lowest BCUT2D eigenvalue weighted by atomic mass is 10.2. The number of hydrogen-bond acceptors (Lipinski definition) is 5. The first-order chi connectivity index (χ1) is 10.3. The first-order valence-electron chi connectivity index (χ1n) is 7.81. The molecule has 2 aliphatic heterocycles. The molecule has 0 amide bonds. The third-order valence-electron chi connectivity index (χ3n) is 4.26. The largest absolute Gasteiger partial charge is 0.371 e. The van der Waals surface area contributed by atoms with Gasteiger partial charge in [0.15, 0.2) is 11.5 Å². The average molecular weight is 287 g/mol. The Morgan fingerprint density at radius 2 is 2.14 bits per heavy atom. The summed E-state index contributed by atoms with van der Waals surface area (Å²) in [5.41, 5.74) is 0.929. The molecule has 4 rings (SSSR count). The summed E-state index contributed by atoms with van der Waals surface area (Å²) >= 11 is 0. The van der Waals surface area contributed by atoms with Crippen LogP contribution in [0.2, 0.25) is 0 Å². The van der Waals surface area contributed by atoms with Gasteiger partial charge in [0.2, 0.25) is 0 Å². The van der Waals surface area contributed by atoms with Gasteiger partial charge in [-0.25, -0.2) is 9.97 Å². The van der Waals surface area contributed by atoms with Crippen molar-refractivity contribution in [3.63, 3.8) is 0 Å². The number of anilines is 2. The summed E-state index contributed by atoms with van der Waals surface area (Å²) in [4.78, 5) is 11.6. The lowest BCUT2D eigenvalue weighted by Crippen LogP contribution is -2.43. The van der Waals surface area contributed by atoms with Crippen LogP contribution in [0.3, 0.4) is 0 Å². The lowest BCUT2D eigenvalue weighted by Gasteiger charge is -2.33. The molecule has 2 saturated heterocycles. The van der Waals surface area contributed by atoms with E-state index >= 15 is 0 Å². The number of imidazole rings is 1. The molecule has 2 atom stereocenters. The maximum Gasteiger partial charge on any atom is 0.180 e. The summed E-state index contributed by atoms with van der Waals surface area (Å²) < 4.78 is 7.98. The fourth-order valence-corrected chi connectivity index (χ4v) is 3.25. The van der Waals surface area contributed by atoms with Crippen molar-refractivity contribution in [3.05, 3.63) is 18.6 Å². The number of nitrogens with zero attached hydrogens (tertiary/aromatic N) is 4. The quantitative estimate of drug-likeness (QED) is 0.931. The normalized spacial score (nSPS) is 24.7. The van der Waals surface area contributed by atoms with E-state index in [-0.39, 0.29) is 0 Å². The monoisotopic (exact) mass is 287 g/mol. The summed E-state index contributed by atoms with van der Waals surface area (Å²) in [5.74, 6) is 1.89. The summed E-state index contributed by atoms with van der Waals surface area (Å²) in [6.07, 6.45) is 9.95. The lowest BCUT2D eigenvalue weighted by molar-refractivity contribution is 0.0303. The van der Waals surface area contributed by atoms with E-state index in [0.717, 1.165) is 43.3 Å². The molecule has 6 heteroatoms. The van der Waals surface area contributed by atoms with Crippen LogP contribution in [0.25, 0.3) is 5.65 Å². The second kappa shape index (κ2) is 5.18. The van der Waals surface area contributed by atoms with Crippen LogP contribution in [0.4, 0.5) is 11.6 Å². The van der Waals surface area contributed by atoms with E-state index in [0.29, 0.717) is 12.2 Å². The van der Waals surface area contributed by atoms with Crippen LogP contribution in [0.1, 0.15) is 26.2 Å². The van der Waals surface area contributed by atoms with Gasteiger partial charge in [0.25, 0.3) is 0 Å². The Labute approximate surface area is 124 Å². The van der Waals surface area contributed by atoms with E-state index in [2.05, 4.69) is 26.5 Å². The maximum absolute atomic E-state index is 5.93.